The average molecular weight is 267 g/mol. The molecule has 1 N–H and O–H groups in total. The summed E-state index contributed by atoms with van der Waals surface area (Å²) in [6, 6.07) is 0. The highest BCUT2D eigenvalue weighted by atomic mass is 32.1. The predicted molar refractivity (Wildman–Crippen MR) is 57.5 cm³/mol. The van der Waals surface area contributed by atoms with E-state index in [9.17, 15) is 18.0 Å². The van der Waals surface area contributed by atoms with Crippen LogP contribution in [0.2, 0.25) is 0 Å². The molecule has 0 saturated carbocycles. The predicted octanol–water partition coefficient (Wildman–Crippen LogP) is 1.25. The van der Waals surface area contributed by atoms with Gasteiger partial charge in [0, 0.05) is 12.4 Å². The lowest BCUT2D eigenvalue weighted by molar-refractivity contribution is -0.133. The van der Waals surface area contributed by atoms with E-state index >= 15 is 0 Å². The number of hydrogen-bond acceptors (Lipinski definition) is 4. The van der Waals surface area contributed by atoms with Gasteiger partial charge in [0.2, 0.25) is 5.91 Å². The van der Waals surface area contributed by atoms with Crippen molar-refractivity contribution in [3.05, 3.63) is 16.6 Å². The van der Waals surface area contributed by atoms with Crippen molar-refractivity contribution in [3.63, 3.8) is 0 Å². The van der Waals surface area contributed by atoms with Gasteiger partial charge >= 0.3 is 6.18 Å². The molecule has 1 aromatic heterocycles. The van der Waals surface area contributed by atoms with Crippen LogP contribution in [0.4, 0.5) is 13.2 Å². The van der Waals surface area contributed by atoms with Gasteiger partial charge in [-0.1, -0.05) is 0 Å². The zero-order chi connectivity index (χ0) is 12.9. The molecule has 1 aromatic rings. The Balaban J connectivity index is 2.28. The first kappa shape index (κ1) is 13.9. The van der Waals surface area contributed by atoms with Crippen LogP contribution in [0.15, 0.2) is 10.9 Å². The Hall–Kier alpha value is -1.15. The summed E-state index contributed by atoms with van der Waals surface area (Å²) in [5.41, 5.74) is 2.36. The van der Waals surface area contributed by atoms with E-state index in [0.717, 1.165) is 5.69 Å². The minimum atomic E-state index is -4.30. The standard InChI is InChI=1S/C9H12F3N3OS/c1-15(3-7-4-17-6-14-7)8(16)2-13-5-9(10,11)12/h4,6,13H,2-3,5H2,1H3. The van der Waals surface area contributed by atoms with Gasteiger partial charge in [0.05, 0.1) is 30.8 Å². The van der Waals surface area contributed by atoms with Gasteiger partial charge in [-0.15, -0.1) is 11.3 Å². The Morgan fingerprint density at radius 2 is 2.29 bits per heavy atom. The maximum absolute atomic E-state index is 11.8. The SMILES string of the molecule is CN(Cc1cscn1)C(=O)CNCC(F)(F)F. The summed E-state index contributed by atoms with van der Waals surface area (Å²) < 4.78 is 35.4. The molecule has 4 nitrogen and oxygen atoms in total. The van der Waals surface area contributed by atoms with Gasteiger partial charge in [-0.05, 0) is 0 Å². The number of amides is 1. The molecule has 0 aliphatic carbocycles. The molecule has 8 heteroatoms. The van der Waals surface area contributed by atoms with Crippen LogP contribution in [0.3, 0.4) is 0 Å². The lowest BCUT2D eigenvalue weighted by Gasteiger charge is -2.16. The fraction of sp³-hybridized carbons (Fsp3) is 0.556. The zero-order valence-corrected chi connectivity index (χ0v) is 9.94. The van der Waals surface area contributed by atoms with Crippen molar-refractivity contribution in [2.75, 3.05) is 20.1 Å². The number of nitrogens with zero attached hydrogens (tertiary/aromatic N) is 2. The molecule has 1 amide bonds. The molecule has 1 heterocycles. The molecule has 0 saturated heterocycles. The van der Waals surface area contributed by atoms with Gasteiger partial charge in [0.1, 0.15) is 0 Å². The first-order chi connectivity index (χ1) is 7.88. The minimum absolute atomic E-state index is 0.302. The number of hydrogen-bond donors (Lipinski definition) is 1. The van der Waals surface area contributed by atoms with E-state index in [2.05, 4.69) is 10.3 Å². The second-order valence-electron chi connectivity index (χ2n) is 3.45. The van der Waals surface area contributed by atoms with Crippen molar-refractivity contribution in [1.29, 1.82) is 0 Å². The van der Waals surface area contributed by atoms with E-state index in [-0.39, 0.29) is 6.54 Å². The topological polar surface area (TPSA) is 45.2 Å². The number of carbonyl (C=O) groups excluding carboxylic acids is 1. The first-order valence-corrected chi connectivity index (χ1v) is 5.71. The van der Waals surface area contributed by atoms with Crippen molar-refractivity contribution in [2.45, 2.75) is 12.7 Å². The third kappa shape index (κ3) is 5.64. The van der Waals surface area contributed by atoms with E-state index in [1.807, 2.05) is 0 Å². The Morgan fingerprint density at radius 1 is 1.59 bits per heavy atom. The average Bonchev–Trinajstić information content (AvgIpc) is 2.68. The molecular formula is C9H12F3N3OS. The van der Waals surface area contributed by atoms with Crippen molar-refractivity contribution in [3.8, 4) is 0 Å². The van der Waals surface area contributed by atoms with Crippen LogP contribution in [-0.2, 0) is 11.3 Å². The molecular weight excluding hydrogens is 255 g/mol. The summed E-state index contributed by atoms with van der Waals surface area (Å²) in [5, 5.41) is 3.84. The van der Waals surface area contributed by atoms with E-state index in [1.165, 1.54) is 23.3 Å². The lowest BCUT2D eigenvalue weighted by Crippen LogP contribution is -2.39. The minimum Gasteiger partial charge on any atom is -0.339 e. The quantitative estimate of drug-likeness (QED) is 0.873. The van der Waals surface area contributed by atoms with Crippen LogP contribution < -0.4 is 5.32 Å². The second kappa shape index (κ2) is 5.97. The number of nitrogens with one attached hydrogen (secondary N) is 1. The molecule has 96 valence electrons. The molecule has 0 spiro atoms. The Bertz CT molecular complexity index is 353. The van der Waals surface area contributed by atoms with Crippen LogP contribution in [0.25, 0.3) is 0 Å². The number of halogens is 3. The molecule has 0 aliphatic rings. The largest absolute Gasteiger partial charge is 0.401 e. The van der Waals surface area contributed by atoms with Gasteiger partial charge < -0.3 is 10.2 Å². The summed E-state index contributed by atoms with van der Waals surface area (Å²) in [7, 11) is 1.52. The number of likely N-dealkylation sites (N-methyl/N-ethyl adjacent to an activating group) is 1. The summed E-state index contributed by atoms with van der Waals surface area (Å²) in [5.74, 6) is -0.401. The van der Waals surface area contributed by atoms with Crippen LogP contribution >= 0.6 is 11.3 Å². The van der Waals surface area contributed by atoms with Gasteiger partial charge in [-0.25, -0.2) is 4.98 Å². The molecule has 0 fully saturated rings. The third-order valence-electron chi connectivity index (χ3n) is 1.91. The van der Waals surface area contributed by atoms with Crippen LogP contribution in [0.5, 0.6) is 0 Å². The van der Waals surface area contributed by atoms with E-state index < -0.39 is 18.6 Å². The van der Waals surface area contributed by atoms with Gasteiger partial charge in [-0.2, -0.15) is 13.2 Å². The number of rotatable bonds is 5. The fourth-order valence-corrected chi connectivity index (χ4v) is 1.64. The van der Waals surface area contributed by atoms with Crippen molar-refractivity contribution in [2.24, 2.45) is 0 Å². The second-order valence-corrected chi connectivity index (χ2v) is 4.17. The molecule has 0 aliphatic heterocycles. The highest BCUT2D eigenvalue weighted by molar-refractivity contribution is 7.07. The maximum atomic E-state index is 11.8. The van der Waals surface area contributed by atoms with Crippen LogP contribution in [-0.4, -0.2) is 42.1 Å². The smallest absolute Gasteiger partial charge is 0.339 e. The Labute approximate surface area is 100 Å². The van der Waals surface area contributed by atoms with Crippen molar-refractivity contribution < 1.29 is 18.0 Å². The number of carbonyl (C=O) groups is 1. The highest BCUT2D eigenvalue weighted by Crippen LogP contribution is 2.12. The molecule has 17 heavy (non-hydrogen) atoms. The van der Waals surface area contributed by atoms with E-state index in [4.69, 9.17) is 0 Å². The summed E-state index contributed by atoms with van der Waals surface area (Å²) in [6.45, 7) is -1.19. The van der Waals surface area contributed by atoms with Gasteiger partial charge in [-0.3, -0.25) is 4.79 Å². The van der Waals surface area contributed by atoms with E-state index in [1.54, 1.807) is 10.9 Å². The van der Waals surface area contributed by atoms with Crippen molar-refractivity contribution >= 4 is 17.2 Å². The van der Waals surface area contributed by atoms with Crippen molar-refractivity contribution in [1.82, 2.24) is 15.2 Å². The molecule has 1 rings (SSSR count). The summed E-state index contributed by atoms with van der Waals surface area (Å²) >= 11 is 1.40. The summed E-state index contributed by atoms with van der Waals surface area (Å²) in [6.07, 6.45) is -4.30. The monoisotopic (exact) mass is 267 g/mol. The number of alkyl halides is 3. The zero-order valence-electron chi connectivity index (χ0n) is 9.12. The Morgan fingerprint density at radius 3 is 2.82 bits per heavy atom. The number of thiazole rings is 1. The molecule has 0 atom stereocenters. The third-order valence-corrected chi connectivity index (χ3v) is 2.55. The lowest BCUT2D eigenvalue weighted by atomic mass is 10.4. The highest BCUT2D eigenvalue weighted by Gasteiger charge is 2.26. The van der Waals surface area contributed by atoms with Crippen LogP contribution in [0, 0.1) is 0 Å². The van der Waals surface area contributed by atoms with Gasteiger partial charge in [0.25, 0.3) is 0 Å². The summed E-state index contributed by atoms with van der Waals surface area (Å²) in [4.78, 5) is 16.7. The van der Waals surface area contributed by atoms with Gasteiger partial charge in [0.15, 0.2) is 0 Å². The molecule has 0 aromatic carbocycles. The molecule has 0 unspecified atom stereocenters. The maximum Gasteiger partial charge on any atom is 0.401 e. The fourth-order valence-electron chi connectivity index (χ4n) is 1.09. The molecule has 0 bridgehead atoms. The first-order valence-electron chi connectivity index (χ1n) is 4.77. The molecule has 0 radical (unpaired) electrons. The van der Waals surface area contributed by atoms with Crippen LogP contribution in [0.1, 0.15) is 5.69 Å². The normalized spacial score (nSPS) is 11.5. The Kier molecular flexibility index (Phi) is 4.88. The van der Waals surface area contributed by atoms with E-state index in [0.29, 0.717) is 6.54 Å². The number of aromatic nitrogens is 1.